The van der Waals surface area contributed by atoms with Gasteiger partial charge in [-0.25, -0.2) is 0 Å². The molecule has 0 radical (unpaired) electrons. The molecule has 1 unspecified atom stereocenters. The minimum atomic E-state index is 0.357. The Bertz CT molecular complexity index is 603. The summed E-state index contributed by atoms with van der Waals surface area (Å²) >= 11 is 9.72. The highest BCUT2D eigenvalue weighted by Gasteiger charge is 2.12. The fourth-order valence-corrected chi connectivity index (χ4v) is 3.12. The number of rotatable bonds is 6. The van der Waals surface area contributed by atoms with Gasteiger partial charge in [-0.1, -0.05) is 45.7 Å². The minimum Gasteiger partial charge on any atom is -0.497 e. The molecule has 1 atom stereocenters. The zero-order valence-electron chi connectivity index (χ0n) is 12.0. The van der Waals surface area contributed by atoms with E-state index in [9.17, 15) is 0 Å². The fraction of sp³-hybridized carbons (Fsp3) is 0.294. The minimum absolute atomic E-state index is 0.357. The molecule has 4 heteroatoms. The van der Waals surface area contributed by atoms with Crippen molar-refractivity contribution in [1.82, 2.24) is 0 Å². The third-order valence-corrected chi connectivity index (χ3v) is 4.36. The first-order valence-electron chi connectivity index (χ1n) is 6.89. The average molecular weight is 369 g/mol. The third-order valence-electron chi connectivity index (χ3n) is 3.52. The zero-order chi connectivity index (χ0) is 15.2. The number of nitrogens with two attached hydrogens (primary N) is 1. The van der Waals surface area contributed by atoms with Crippen molar-refractivity contribution in [1.29, 1.82) is 0 Å². The van der Waals surface area contributed by atoms with Crippen LogP contribution in [0.3, 0.4) is 0 Å². The van der Waals surface area contributed by atoms with Crippen molar-refractivity contribution in [2.24, 2.45) is 11.7 Å². The summed E-state index contributed by atoms with van der Waals surface area (Å²) in [5.41, 5.74) is 8.31. The molecule has 0 bridgehead atoms. The molecule has 2 N–H and O–H groups in total. The number of methoxy groups -OCH3 is 1. The highest BCUT2D eigenvalue weighted by Crippen LogP contribution is 2.25. The molecule has 2 rings (SSSR count). The zero-order valence-corrected chi connectivity index (χ0v) is 14.3. The Hall–Kier alpha value is -1.03. The SMILES string of the molecule is COc1cccc(CC(CN)Cc2ccc(Br)cc2Cl)c1. The number of benzene rings is 2. The van der Waals surface area contributed by atoms with Crippen molar-refractivity contribution in [2.75, 3.05) is 13.7 Å². The standard InChI is InChI=1S/C17H19BrClNO/c1-21-16-4-2-3-12(9-16)7-13(11-20)8-14-5-6-15(18)10-17(14)19/h2-6,9-10,13H,7-8,11,20H2,1H3. The molecule has 0 saturated heterocycles. The van der Waals surface area contributed by atoms with E-state index in [1.54, 1.807) is 7.11 Å². The summed E-state index contributed by atoms with van der Waals surface area (Å²) in [6, 6.07) is 14.1. The van der Waals surface area contributed by atoms with Gasteiger partial charge >= 0.3 is 0 Å². The topological polar surface area (TPSA) is 35.2 Å². The molecule has 0 aliphatic heterocycles. The Labute approximate surface area is 139 Å². The smallest absolute Gasteiger partial charge is 0.119 e. The molecule has 0 aliphatic rings. The van der Waals surface area contributed by atoms with E-state index >= 15 is 0 Å². The second-order valence-corrected chi connectivity index (χ2v) is 6.42. The number of halogens is 2. The third kappa shape index (κ3) is 4.73. The normalized spacial score (nSPS) is 12.2. The van der Waals surface area contributed by atoms with Crippen LogP contribution in [-0.2, 0) is 12.8 Å². The van der Waals surface area contributed by atoms with Crippen LogP contribution in [-0.4, -0.2) is 13.7 Å². The summed E-state index contributed by atoms with van der Waals surface area (Å²) in [6.07, 6.45) is 1.79. The van der Waals surface area contributed by atoms with Gasteiger partial charge in [0.05, 0.1) is 7.11 Å². The van der Waals surface area contributed by atoms with E-state index in [2.05, 4.69) is 34.1 Å². The summed E-state index contributed by atoms with van der Waals surface area (Å²) in [4.78, 5) is 0. The van der Waals surface area contributed by atoms with Crippen LogP contribution in [0, 0.1) is 5.92 Å². The van der Waals surface area contributed by atoms with E-state index in [1.165, 1.54) is 5.56 Å². The van der Waals surface area contributed by atoms with Gasteiger partial charge in [0.1, 0.15) is 5.75 Å². The molecule has 0 fully saturated rings. The molecule has 0 amide bonds. The highest BCUT2D eigenvalue weighted by molar-refractivity contribution is 9.10. The molecule has 0 saturated carbocycles. The van der Waals surface area contributed by atoms with Crippen molar-refractivity contribution in [3.05, 3.63) is 63.1 Å². The van der Waals surface area contributed by atoms with Crippen molar-refractivity contribution in [3.8, 4) is 5.75 Å². The lowest BCUT2D eigenvalue weighted by Crippen LogP contribution is -2.19. The predicted octanol–water partition coefficient (Wildman–Crippen LogP) is 4.47. The monoisotopic (exact) mass is 367 g/mol. The maximum atomic E-state index is 6.29. The van der Waals surface area contributed by atoms with Gasteiger partial charge in [-0.05, 0) is 60.7 Å². The molecule has 0 heterocycles. The summed E-state index contributed by atoms with van der Waals surface area (Å²) in [7, 11) is 1.68. The molecule has 0 spiro atoms. The number of ether oxygens (including phenoxy) is 1. The maximum absolute atomic E-state index is 6.29. The molecule has 2 nitrogen and oxygen atoms in total. The maximum Gasteiger partial charge on any atom is 0.119 e. The van der Waals surface area contributed by atoms with Gasteiger partial charge in [0, 0.05) is 9.50 Å². The van der Waals surface area contributed by atoms with E-state index in [1.807, 2.05) is 24.3 Å². The second-order valence-electron chi connectivity index (χ2n) is 5.10. The summed E-state index contributed by atoms with van der Waals surface area (Å²) in [5, 5.41) is 0.786. The van der Waals surface area contributed by atoms with E-state index in [0.29, 0.717) is 12.5 Å². The number of hydrogen-bond donors (Lipinski definition) is 1. The van der Waals surface area contributed by atoms with Crippen LogP contribution >= 0.6 is 27.5 Å². The Balaban J connectivity index is 2.09. The van der Waals surface area contributed by atoms with Gasteiger partial charge in [-0.3, -0.25) is 0 Å². The van der Waals surface area contributed by atoms with Gasteiger partial charge in [-0.2, -0.15) is 0 Å². The van der Waals surface area contributed by atoms with Gasteiger partial charge in [0.25, 0.3) is 0 Å². The average Bonchev–Trinajstić information content (AvgIpc) is 2.49. The molecular formula is C17H19BrClNO. The second kappa shape index (κ2) is 7.83. The molecule has 2 aromatic carbocycles. The number of hydrogen-bond acceptors (Lipinski definition) is 2. The van der Waals surface area contributed by atoms with Crippen LogP contribution in [0.4, 0.5) is 0 Å². The highest BCUT2D eigenvalue weighted by atomic mass is 79.9. The molecular weight excluding hydrogens is 350 g/mol. The van der Waals surface area contributed by atoms with Crippen LogP contribution in [0.5, 0.6) is 5.75 Å². The van der Waals surface area contributed by atoms with Gasteiger partial charge in [0.2, 0.25) is 0 Å². The summed E-state index contributed by atoms with van der Waals surface area (Å²) in [5.74, 6) is 1.24. The lowest BCUT2D eigenvalue weighted by Gasteiger charge is -2.16. The molecule has 112 valence electrons. The van der Waals surface area contributed by atoms with Crippen LogP contribution in [0.2, 0.25) is 5.02 Å². The summed E-state index contributed by atoms with van der Waals surface area (Å²) in [6.45, 7) is 0.629. The van der Waals surface area contributed by atoms with E-state index in [0.717, 1.165) is 33.6 Å². The van der Waals surface area contributed by atoms with Crippen LogP contribution in [0.25, 0.3) is 0 Å². The van der Waals surface area contributed by atoms with E-state index in [-0.39, 0.29) is 0 Å². The fourth-order valence-electron chi connectivity index (χ4n) is 2.37. The van der Waals surface area contributed by atoms with Crippen molar-refractivity contribution in [2.45, 2.75) is 12.8 Å². The Morgan fingerprint density at radius 1 is 1.19 bits per heavy atom. The Kier molecular flexibility index (Phi) is 6.09. The summed E-state index contributed by atoms with van der Waals surface area (Å²) < 4.78 is 6.26. The first-order chi connectivity index (χ1) is 10.1. The van der Waals surface area contributed by atoms with E-state index < -0.39 is 0 Å². The van der Waals surface area contributed by atoms with Crippen molar-refractivity contribution in [3.63, 3.8) is 0 Å². The molecule has 0 aromatic heterocycles. The van der Waals surface area contributed by atoms with Crippen molar-refractivity contribution >= 4 is 27.5 Å². The first kappa shape index (κ1) is 16.3. The quantitative estimate of drug-likeness (QED) is 0.816. The van der Waals surface area contributed by atoms with Crippen LogP contribution in [0.1, 0.15) is 11.1 Å². The largest absolute Gasteiger partial charge is 0.497 e. The van der Waals surface area contributed by atoms with Gasteiger partial charge in [0.15, 0.2) is 0 Å². The van der Waals surface area contributed by atoms with E-state index in [4.69, 9.17) is 22.1 Å². The lowest BCUT2D eigenvalue weighted by molar-refractivity contribution is 0.413. The molecule has 0 aliphatic carbocycles. The predicted molar refractivity (Wildman–Crippen MR) is 92.1 cm³/mol. The molecule has 21 heavy (non-hydrogen) atoms. The van der Waals surface area contributed by atoms with Crippen LogP contribution in [0.15, 0.2) is 46.9 Å². The van der Waals surface area contributed by atoms with Gasteiger partial charge in [-0.15, -0.1) is 0 Å². The van der Waals surface area contributed by atoms with Crippen molar-refractivity contribution < 1.29 is 4.74 Å². The van der Waals surface area contributed by atoms with Gasteiger partial charge < -0.3 is 10.5 Å². The lowest BCUT2D eigenvalue weighted by atomic mass is 9.92. The Morgan fingerprint density at radius 3 is 2.67 bits per heavy atom. The molecule has 2 aromatic rings. The Morgan fingerprint density at radius 2 is 2.00 bits per heavy atom. The van der Waals surface area contributed by atoms with Crippen LogP contribution < -0.4 is 10.5 Å². The first-order valence-corrected chi connectivity index (χ1v) is 8.06.